The van der Waals surface area contributed by atoms with Crippen molar-refractivity contribution in [3.63, 3.8) is 0 Å². The first kappa shape index (κ1) is 15.6. The first-order chi connectivity index (χ1) is 9.02. The van der Waals surface area contributed by atoms with Crippen molar-refractivity contribution in [3.05, 3.63) is 29.3 Å². The summed E-state index contributed by atoms with van der Waals surface area (Å²) in [6.07, 6.45) is 0.846. The fourth-order valence-electron chi connectivity index (χ4n) is 1.40. The Kier molecular flexibility index (Phi) is 6.42. The van der Waals surface area contributed by atoms with Crippen LogP contribution in [0.3, 0.4) is 0 Å². The van der Waals surface area contributed by atoms with Crippen molar-refractivity contribution >= 4 is 23.7 Å². The highest BCUT2D eigenvalue weighted by Gasteiger charge is 2.07. The van der Waals surface area contributed by atoms with Gasteiger partial charge in [-0.05, 0) is 43.5 Å². The first-order valence-corrected chi connectivity index (χ1v) is 7.29. The summed E-state index contributed by atoms with van der Waals surface area (Å²) >= 11 is 1.43. The molecule has 104 valence electrons. The van der Waals surface area contributed by atoms with Gasteiger partial charge < -0.3 is 5.32 Å². The molecule has 0 saturated carbocycles. The van der Waals surface area contributed by atoms with Crippen LogP contribution in [0.1, 0.15) is 24.5 Å². The van der Waals surface area contributed by atoms with Gasteiger partial charge in [0.05, 0.1) is 5.75 Å². The Morgan fingerprint density at radius 3 is 2.58 bits per heavy atom. The number of amides is 3. The van der Waals surface area contributed by atoms with E-state index in [4.69, 9.17) is 0 Å². The Balaban J connectivity index is 2.37. The van der Waals surface area contributed by atoms with Crippen LogP contribution in [-0.2, 0) is 4.79 Å². The number of urea groups is 1. The second-order valence-corrected chi connectivity index (χ2v) is 5.39. The molecule has 0 fully saturated rings. The molecule has 0 aromatic heterocycles. The van der Waals surface area contributed by atoms with Crippen LogP contribution >= 0.6 is 11.8 Å². The molecule has 3 amide bonds. The summed E-state index contributed by atoms with van der Waals surface area (Å²) in [7, 11) is 0. The lowest BCUT2D eigenvalue weighted by Crippen LogP contribution is -2.40. The van der Waals surface area contributed by atoms with E-state index in [9.17, 15) is 9.59 Å². The summed E-state index contributed by atoms with van der Waals surface area (Å²) in [5.41, 5.74) is 2.43. The molecular formula is C14H20N2O2S. The molecule has 0 unspecified atom stereocenters. The number of hydrogen-bond acceptors (Lipinski definition) is 3. The molecule has 0 saturated heterocycles. The highest BCUT2D eigenvalue weighted by atomic mass is 32.2. The largest absolute Gasteiger partial charge is 0.338 e. The van der Waals surface area contributed by atoms with Gasteiger partial charge in [-0.3, -0.25) is 10.1 Å². The third-order valence-electron chi connectivity index (χ3n) is 2.64. The van der Waals surface area contributed by atoms with Gasteiger partial charge in [0.2, 0.25) is 5.91 Å². The zero-order valence-electron chi connectivity index (χ0n) is 11.6. The third-order valence-corrected chi connectivity index (χ3v) is 3.63. The van der Waals surface area contributed by atoms with Crippen LogP contribution in [0, 0.1) is 13.8 Å². The Morgan fingerprint density at radius 1 is 1.21 bits per heavy atom. The van der Waals surface area contributed by atoms with Gasteiger partial charge in [-0.2, -0.15) is 0 Å². The van der Waals surface area contributed by atoms with Crippen LogP contribution in [0.15, 0.2) is 23.1 Å². The molecule has 2 N–H and O–H groups in total. The summed E-state index contributed by atoms with van der Waals surface area (Å²) in [6, 6.07) is 5.64. The highest BCUT2D eigenvalue weighted by Crippen LogP contribution is 2.20. The average Bonchev–Trinajstić information content (AvgIpc) is 2.38. The van der Waals surface area contributed by atoms with E-state index in [2.05, 4.69) is 17.6 Å². The van der Waals surface area contributed by atoms with Gasteiger partial charge in [-0.1, -0.05) is 13.0 Å². The molecule has 5 heteroatoms. The van der Waals surface area contributed by atoms with Crippen LogP contribution in [0.25, 0.3) is 0 Å². The SMILES string of the molecule is CCCNC(=O)NC(=O)CSc1ccc(C)c(C)c1. The normalized spacial score (nSPS) is 10.1. The summed E-state index contributed by atoms with van der Waals surface area (Å²) in [5.74, 6) is -0.0426. The van der Waals surface area contributed by atoms with Crippen molar-refractivity contribution in [2.24, 2.45) is 0 Å². The van der Waals surface area contributed by atoms with E-state index in [0.717, 1.165) is 11.3 Å². The van der Waals surface area contributed by atoms with Crippen LogP contribution in [0.5, 0.6) is 0 Å². The fourth-order valence-corrected chi connectivity index (χ4v) is 2.19. The summed E-state index contributed by atoms with van der Waals surface area (Å²) in [5, 5.41) is 4.90. The maximum atomic E-state index is 11.5. The summed E-state index contributed by atoms with van der Waals surface area (Å²) in [6.45, 7) is 6.62. The van der Waals surface area contributed by atoms with Crippen LogP contribution in [0.2, 0.25) is 0 Å². The van der Waals surface area contributed by atoms with Crippen molar-refractivity contribution in [1.29, 1.82) is 0 Å². The molecule has 19 heavy (non-hydrogen) atoms. The second-order valence-electron chi connectivity index (χ2n) is 4.34. The van der Waals surface area contributed by atoms with E-state index in [1.54, 1.807) is 0 Å². The molecule has 1 aromatic rings. The lowest BCUT2D eigenvalue weighted by molar-refractivity contribution is -0.117. The molecule has 0 aliphatic heterocycles. The Morgan fingerprint density at radius 2 is 1.95 bits per heavy atom. The van der Waals surface area contributed by atoms with E-state index >= 15 is 0 Å². The zero-order chi connectivity index (χ0) is 14.3. The monoisotopic (exact) mass is 280 g/mol. The lowest BCUT2D eigenvalue weighted by Gasteiger charge is -2.06. The number of carbonyl (C=O) groups excluding carboxylic acids is 2. The average molecular weight is 280 g/mol. The molecule has 0 aliphatic rings. The smallest absolute Gasteiger partial charge is 0.321 e. The fraction of sp³-hybridized carbons (Fsp3) is 0.429. The Labute approximate surface area is 118 Å². The number of rotatable bonds is 5. The van der Waals surface area contributed by atoms with E-state index in [0.29, 0.717) is 6.54 Å². The topological polar surface area (TPSA) is 58.2 Å². The van der Waals surface area contributed by atoms with Gasteiger partial charge in [0.25, 0.3) is 0 Å². The van der Waals surface area contributed by atoms with Crippen molar-refractivity contribution in [2.45, 2.75) is 32.1 Å². The second kappa shape index (κ2) is 7.84. The Hall–Kier alpha value is -1.49. The molecule has 4 nitrogen and oxygen atoms in total. The molecule has 0 atom stereocenters. The van der Waals surface area contributed by atoms with Gasteiger partial charge in [0, 0.05) is 11.4 Å². The van der Waals surface area contributed by atoms with Crippen LogP contribution in [-0.4, -0.2) is 24.2 Å². The van der Waals surface area contributed by atoms with Gasteiger partial charge >= 0.3 is 6.03 Å². The number of nitrogens with one attached hydrogen (secondary N) is 2. The minimum absolute atomic E-state index is 0.238. The minimum atomic E-state index is -0.424. The van der Waals surface area contributed by atoms with Crippen molar-refractivity contribution in [3.8, 4) is 0 Å². The molecule has 0 radical (unpaired) electrons. The van der Waals surface area contributed by atoms with Crippen LogP contribution < -0.4 is 10.6 Å². The zero-order valence-corrected chi connectivity index (χ0v) is 12.4. The number of carbonyl (C=O) groups is 2. The standard InChI is InChI=1S/C14H20N2O2S/c1-4-7-15-14(18)16-13(17)9-19-12-6-5-10(2)11(3)8-12/h5-6,8H,4,7,9H2,1-3H3,(H2,15,16,17,18). The van der Waals surface area contributed by atoms with Gasteiger partial charge in [0.1, 0.15) is 0 Å². The predicted molar refractivity (Wildman–Crippen MR) is 78.5 cm³/mol. The number of imide groups is 1. The Bertz CT molecular complexity index is 461. The quantitative estimate of drug-likeness (QED) is 0.815. The summed E-state index contributed by atoms with van der Waals surface area (Å²) in [4.78, 5) is 23.9. The maximum Gasteiger partial charge on any atom is 0.321 e. The van der Waals surface area contributed by atoms with Crippen LogP contribution in [0.4, 0.5) is 4.79 Å². The molecule has 0 bridgehead atoms. The number of benzene rings is 1. The minimum Gasteiger partial charge on any atom is -0.338 e. The number of thioether (sulfide) groups is 1. The molecular weight excluding hydrogens is 260 g/mol. The molecule has 0 aliphatic carbocycles. The van der Waals surface area contributed by atoms with Gasteiger partial charge in [-0.15, -0.1) is 11.8 Å². The van der Waals surface area contributed by atoms with E-state index in [1.807, 2.05) is 32.0 Å². The molecule has 0 spiro atoms. The van der Waals surface area contributed by atoms with Crippen molar-refractivity contribution in [1.82, 2.24) is 10.6 Å². The molecule has 1 rings (SSSR count). The van der Waals surface area contributed by atoms with Crippen molar-refractivity contribution in [2.75, 3.05) is 12.3 Å². The van der Waals surface area contributed by atoms with Gasteiger partial charge in [-0.25, -0.2) is 4.79 Å². The van der Waals surface area contributed by atoms with E-state index in [-0.39, 0.29) is 11.7 Å². The van der Waals surface area contributed by atoms with Gasteiger partial charge in [0.15, 0.2) is 0 Å². The predicted octanol–water partition coefficient (Wildman–Crippen LogP) is 2.63. The van der Waals surface area contributed by atoms with E-state index < -0.39 is 6.03 Å². The third kappa shape index (κ3) is 5.79. The highest BCUT2D eigenvalue weighted by molar-refractivity contribution is 8.00. The first-order valence-electron chi connectivity index (χ1n) is 6.30. The molecule has 0 heterocycles. The molecule has 1 aromatic carbocycles. The number of hydrogen-bond donors (Lipinski definition) is 2. The summed E-state index contributed by atoms with van der Waals surface area (Å²) < 4.78 is 0. The van der Waals surface area contributed by atoms with Crippen molar-refractivity contribution < 1.29 is 9.59 Å². The lowest BCUT2D eigenvalue weighted by atomic mass is 10.1. The number of aryl methyl sites for hydroxylation is 2. The maximum absolute atomic E-state index is 11.5. The van der Waals surface area contributed by atoms with E-state index in [1.165, 1.54) is 22.9 Å².